The van der Waals surface area contributed by atoms with Crippen molar-refractivity contribution in [2.75, 3.05) is 25.5 Å². The van der Waals surface area contributed by atoms with Gasteiger partial charge in [0.2, 0.25) is 0 Å². The molecule has 0 unspecified atom stereocenters. The van der Waals surface area contributed by atoms with E-state index in [1.165, 1.54) is 4.90 Å². The highest BCUT2D eigenvalue weighted by atomic mass is 16.5. The number of benzene rings is 1. The first-order valence-corrected chi connectivity index (χ1v) is 6.78. The summed E-state index contributed by atoms with van der Waals surface area (Å²) in [4.78, 5) is 24.4. The standard InChI is InChI=1S/C15H22N2O4/c1-11(2)8-17(9-14(18)19)15(20)16-13-7-5-4-6-12(13)10-21-3/h4-7,11H,8-10H2,1-3H3,(H,16,20)(H,18,19). The average molecular weight is 294 g/mol. The van der Waals surface area contributed by atoms with E-state index in [1.54, 1.807) is 19.2 Å². The molecule has 0 aliphatic carbocycles. The zero-order chi connectivity index (χ0) is 15.8. The smallest absolute Gasteiger partial charge is 0.323 e. The molecule has 1 aromatic rings. The Balaban J connectivity index is 2.83. The summed E-state index contributed by atoms with van der Waals surface area (Å²) in [6, 6.07) is 6.85. The van der Waals surface area contributed by atoms with Crippen LogP contribution in [0.2, 0.25) is 0 Å². The number of carbonyl (C=O) groups excluding carboxylic acids is 1. The molecule has 0 aliphatic rings. The van der Waals surface area contributed by atoms with Crippen molar-refractivity contribution in [3.05, 3.63) is 29.8 Å². The van der Waals surface area contributed by atoms with Crippen molar-refractivity contribution in [2.24, 2.45) is 5.92 Å². The Kier molecular flexibility index (Phi) is 6.68. The fourth-order valence-corrected chi connectivity index (χ4v) is 1.94. The van der Waals surface area contributed by atoms with Crippen LogP contribution in [0.4, 0.5) is 10.5 Å². The molecule has 6 heteroatoms. The Morgan fingerprint density at radius 2 is 2.00 bits per heavy atom. The first-order valence-electron chi connectivity index (χ1n) is 6.78. The number of anilines is 1. The highest BCUT2D eigenvalue weighted by Crippen LogP contribution is 2.16. The van der Waals surface area contributed by atoms with Gasteiger partial charge >= 0.3 is 12.0 Å². The number of aliphatic carboxylic acids is 1. The number of para-hydroxylation sites is 1. The Hall–Kier alpha value is -2.08. The minimum atomic E-state index is -1.03. The molecule has 0 radical (unpaired) electrons. The maximum atomic E-state index is 12.3. The van der Waals surface area contributed by atoms with E-state index in [2.05, 4.69) is 5.32 Å². The molecule has 0 heterocycles. The van der Waals surface area contributed by atoms with E-state index in [4.69, 9.17) is 9.84 Å². The quantitative estimate of drug-likeness (QED) is 0.809. The van der Waals surface area contributed by atoms with Crippen LogP contribution in [0.5, 0.6) is 0 Å². The van der Waals surface area contributed by atoms with Gasteiger partial charge in [0.25, 0.3) is 0 Å². The molecular weight excluding hydrogens is 272 g/mol. The fourth-order valence-electron chi connectivity index (χ4n) is 1.94. The van der Waals surface area contributed by atoms with Crippen LogP contribution < -0.4 is 5.32 Å². The SMILES string of the molecule is COCc1ccccc1NC(=O)N(CC(=O)O)CC(C)C. The summed E-state index contributed by atoms with van der Waals surface area (Å²) in [5.41, 5.74) is 1.47. The molecule has 1 rings (SSSR count). The summed E-state index contributed by atoms with van der Waals surface area (Å²) in [6.07, 6.45) is 0. The molecule has 2 amide bonds. The van der Waals surface area contributed by atoms with Crippen molar-refractivity contribution < 1.29 is 19.4 Å². The number of hydrogen-bond acceptors (Lipinski definition) is 3. The van der Waals surface area contributed by atoms with Gasteiger partial charge < -0.3 is 20.1 Å². The number of carboxylic acid groups (broad SMARTS) is 1. The molecule has 116 valence electrons. The number of carboxylic acids is 1. The van der Waals surface area contributed by atoms with Gasteiger partial charge in [-0.3, -0.25) is 4.79 Å². The lowest BCUT2D eigenvalue weighted by Gasteiger charge is -2.23. The van der Waals surface area contributed by atoms with Gasteiger partial charge in [-0.2, -0.15) is 0 Å². The van der Waals surface area contributed by atoms with Crippen LogP contribution in [0.3, 0.4) is 0 Å². The molecular formula is C15H22N2O4. The van der Waals surface area contributed by atoms with Gasteiger partial charge in [0, 0.05) is 24.9 Å². The van der Waals surface area contributed by atoms with Crippen LogP contribution in [0.1, 0.15) is 19.4 Å². The van der Waals surface area contributed by atoms with Crippen molar-refractivity contribution in [3.63, 3.8) is 0 Å². The summed E-state index contributed by atoms with van der Waals surface area (Å²) >= 11 is 0. The molecule has 1 aromatic carbocycles. The van der Waals surface area contributed by atoms with Crippen molar-refractivity contribution in [1.82, 2.24) is 4.90 Å². The van der Waals surface area contributed by atoms with Crippen LogP contribution in [-0.4, -0.2) is 42.2 Å². The summed E-state index contributed by atoms with van der Waals surface area (Å²) < 4.78 is 5.08. The lowest BCUT2D eigenvalue weighted by molar-refractivity contribution is -0.137. The topological polar surface area (TPSA) is 78.9 Å². The Bertz CT molecular complexity index is 488. The molecule has 0 saturated heterocycles. The van der Waals surface area contributed by atoms with Gasteiger partial charge in [-0.05, 0) is 12.0 Å². The maximum Gasteiger partial charge on any atom is 0.323 e. The fraction of sp³-hybridized carbons (Fsp3) is 0.467. The summed E-state index contributed by atoms with van der Waals surface area (Å²) in [6.45, 7) is 4.29. The third-order valence-corrected chi connectivity index (χ3v) is 2.76. The zero-order valence-electron chi connectivity index (χ0n) is 12.6. The second-order valence-corrected chi connectivity index (χ2v) is 5.19. The average Bonchev–Trinajstić information content (AvgIpc) is 2.39. The number of carbonyl (C=O) groups is 2. The largest absolute Gasteiger partial charge is 0.480 e. The van der Waals surface area contributed by atoms with Gasteiger partial charge in [-0.1, -0.05) is 32.0 Å². The van der Waals surface area contributed by atoms with Gasteiger partial charge in [0.15, 0.2) is 0 Å². The summed E-state index contributed by atoms with van der Waals surface area (Å²) in [5, 5.41) is 11.7. The molecule has 0 bridgehead atoms. The van der Waals surface area contributed by atoms with Crippen molar-refractivity contribution in [2.45, 2.75) is 20.5 Å². The van der Waals surface area contributed by atoms with Crippen molar-refractivity contribution >= 4 is 17.7 Å². The minimum Gasteiger partial charge on any atom is -0.480 e. The van der Waals surface area contributed by atoms with Gasteiger partial charge in [-0.15, -0.1) is 0 Å². The number of nitrogens with zero attached hydrogens (tertiary/aromatic N) is 1. The van der Waals surface area contributed by atoms with E-state index in [0.29, 0.717) is 18.8 Å². The Morgan fingerprint density at radius 3 is 2.57 bits per heavy atom. The highest BCUT2D eigenvalue weighted by Gasteiger charge is 2.18. The third kappa shape index (κ3) is 5.83. The van der Waals surface area contributed by atoms with E-state index in [0.717, 1.165) is 5.56 Å². The van der Waals surface area contributed by atoms with Crippen molar-refractivity contribution in [1.29, 1.82) is 0 Å². The number of amides is 2. The predicted octanol–water partition coefficient (Wildman–Crippen LogP) is 2.41. The lowest BCUT2D eigenvalue weighted by Crippen LogP contribution is -2.41. The van der Waals surface area contributed by atoms with Gasteiger partial charge in [-0.25, -0.2) is 4.79 Å². The number of hydrogen-bond donors (Lipinski definition) is 2. The molecule has 2 N–H and O–H groups in total. The number of methoxy groups -OCH3 is 1. The maximum absolute atomic E-state index is 12.3. The molecule has 0 fully saturated rings. The van der Waals surface area contributed by atoms with Crippen LogP contribution in [-0.2, 0) is 16.1 Å². The molecule has 0 atom stereocenters. The second kappa shape index (κ2) is 8.26. The first-order chi connectivity index (χ1) is 9.93. The lowest BCUT2D eigenvalue weighted by atomic mass is 10.2. The molecule has 21 heavy (non-hydrogen) atoms. The number of ether oxygens (including phenoxy) is 1. The first kappa shape index (κ1) is 17.0. The number of urea groups is 1. The molecule has 0 spiro atoms. The normalized spacial score (nSPS) is 10.5. The van der Waals surface area contributed by atoms with Crippen LogP contribution in [0.15, 0.2) is 24.3 Å². The Morgan fingerprint density at radius 1 is 1.33 bits per heavy atom. The van der Waals surface area contributed by atoms with Crippen LogP contribution in [0, 0.1) is 5.92 Å². The van der Waals surface area contributed by atoms with E-state index in [1.807, 2.05) is 26.0 Å². The molecule has 0 aliphatic heterocycles. The summed E-state index contributed by atoms with van der Waals surface area (Å²) in [7, 11) is 1.58. The van der Waals surface area contributed by atoms with Crippen LogP contribution in [0.25, 0.3) is 0 Å². The van der Waals surface area contributed by atoms with Crippen LogP contribution >= 0.6 is 0 Å². The van der Waals surface area contributed by atoms with Gasteiger partial charge in [0.05, 0.1) is 6.61 Å². The highest BCUT2D eigenvalue weighted by molar-refractivity contribution is 5.92. The molecule has 0 saturated carbocycles. The van der Waals surface area contributed by atoms with E-state index in [9.17, 15) is 9.59 Å². The number of rotatable bonds is 7. The molecule has 0 aromatic heterocycles. The van der Waals surface area contributed by atoms with E-state index < -0.39 is 12.0 Å². The van der Waals surface area contributed by atoms with E-state index in [-0.39, 0.29) is 12.5 Å². The third-order valence-electron chi connectivity index (χ3n) is 2.76. The monoisotopic (exact) mass is 294 g/mol. The zero-order valence-corrected chi connectivity index (χ0v) is 12.6. The van der Waals surface area contributed by atoms with Gasteiger partial charge in [0.1, 0.15) is 6.54 Å². The molecule has 6 nitrogen and oxygen atoms in total. The summed E-state index contributed by atoms with van der Waals surface area (Å²) in [5.74, 6) is -0.847. The van der Waals surface area contributed by atoms with Crippen molar-refractivity contribution in [3.8, 4) is 0 Å². The predicted molar refractivity (Wildman–Crippen MR) is 80.2 cm³/mol. The second-order valence-electron chi connectivity index (χ2n) is 5.19. The number of nitrogens with one attached hydrogen (secondary N) is 1. The van der Waals surface area contributed by atoms with E-state index >= 15 is 0 Å². The minimum absolute atomic E-state index is 0.185. The Labute approximate surface area is 124 Å².